The second kappa shape index (κ2) is 5.66. The lowest BCUT2D eigenvalue weighted by molar-refractivity contribution is -0.128. The molecular formula is C16H26O. The smallest absolute Gasteiger partial charge is 0.136 e. The monoisotopic (exact) mass is 234 g/mol. The van der Waals surface area contributed by atoms with Gasteiger partial charge < -0.3 is 0 Å². The summed E-state index contributed by atoms with van der Waals surface area (Å²) in [6, 6.07) is 0. The van der Waals surface area contributed by atoms with Crippen molar-refractivity contribution < 1.29 is 4.79 Å². The lowest BCUT2D eigenvalue weighted by Gasteiger charge is -2.37. The molecule has 0 N–H and O–H groups in total. The van der Waals surface area contributed by atoms with E-state index < -0.39 is 0 Å². The Hall–Kier alpha value is -0.850. The van der Waals surface area contributed by atoms with E-state index in [-0.39, 0.29) is 5.41 Å². The first-order chi connectivity index (χ1) is 7.86. The maximum absolute atomic E-state index is 11.7. The first-order valence-corrected chi connectivity index (χ1v) is 6.68. The number of allylic oxidation sites excluding steroid dienone is 4. The minimum Gasteiger partial charge on any atom is -0.299 e. The Morgan fingerprint density at radius 2 is 2.12 bits per heavy atom. The molecule has 17 heavy (non-hydrogen) atoms. The number of ketones is 1. The van der Waals surface area contributed by atoms with Crippen molar-refractivity contribution >= 4 is 5.78 Å². The molecular weight excluding hydrogens is 208 g/mol. The molecule has 1 rings (SSSR count). The fourth-order valence-corrected chi connectivity index (χ4v) is 2.50. The molecule has 0 aromatic rings. The van der Waals surface area contributed by atoms with Crippen LogP contribution in [0.25, 0.3) is 0 Å². The SMILES string of the molecule is CC(=O)[C@@]1(C)CC=C(CCC=C(C)C)C[C@H]1C. The Bertz CT molecular complexity index is 345. The average molecular weight is 234 g/mol. The van der Waals surface area contributed by atoms with E-state index in [1.54, 1.807) is 6.92 Å². The van der Waals surface area contributed by atoms with Gasteiger partial charge in [0.25, 0.3) is 0 Å². The summed E-state index contributed by atoms with van der Waals surface area (Å²) in [6.07, 6.45) is 8.91. The van der Waals surface area contributed by atoms with Crippen molar-refractivity contribution in [3.8, 4) is 0 Å². The summed E-state index contributed by atoms with van der Waals surface area (Å²) >= 11 is 0. The molecule has 0 saturated carbocycles. The van der Waals surface area contributed by atoms with Gasteiger partial charge in [-0.1, -0.05) is 37.1 Å². The van der Waals surface area contributed by atoms with E-state index in [4.69, 9.17) is 0 Å². The van der Waals surface area contributed by atoms with E-state index in [9.17, 15) is 4.79 Å². The van der Waals surface area contributed by atoms with Crippen molar-refractivity contribution in [3.63, 3.8) is 0 Å². The van der Waals surface area contributed by atoms with E-state index in [1.807, 2.05) is 0 Å². The number of carbonyl (C=O) groups excluding carboxylic acids is 1. The van der Waals surface area contributed by atoms with E-state index >= 15 is 0 Å². The quantitative estimate of drug-likeness (QED) is 0.645. The molecule has 0 spiro atoms. The zero-order valence-electron chi connectivity index (χ0n) is 12.0. The molecule has 0 fully saturated rings. The summed E-state index contributed by atoms with van der Waals surface area (Å²) in [6.45, 7) is 10.4. The van der Waals surface area contributed by atoms with Gasteiger partial charge in [-0.2, -0.15) is 0 Å². The van der Waals surface area contributed by atoms with E-state index in [0.717, 1.165) is 25.7 Å². The van der Waals surface area contributed by atoms with Crippen molar-refractivity contribution in [1.29, 1.82) is 0 Å². The Labute approximate surface area is 106 Å². The molecule has 96 valence electrons. The number of carbonyl (C=O) groups is 1. The molecule has 0 aliphatic heterocycles. The highest BCUT2D eigenvalue weighted by molar-refractivity contribution is 5.82. The van der Waals surface area contributed by atoms with E-state index in [0.29, 0.717) is 11.7 Å². The fourth-order valence-electron chi connectivity index (χ4n) is 2.50. The zero-order valence-corrected chi connectivity index (χ0v) is 12.0. The summed E-state index contributed by atoms with van der Waals surface area (Å²) in [5.41, 5.74) is 2.80. The highest BCUT2D eigenvalue weighted by Crippen LogP contribution is 2.41. The summed E-state index contributed by atoms with van der Waals surface area (Å²) in [5.74, 6) is 0.816. The first kappa shape index (κ1) is 14.2. The lowest BCUT2D eigenvalue weighted by Crippen LogP contribution is -2.35. The number of hydrogen-bond donors (Lipinski definition) is 0. The third-order valence-corrected chi connectivity index (χ3v) is 4.29. The molecule has 0 aromatic heterocycles. The normalized spacial score (nSPS) is 28.5. The molecule has 0 saturated heterocycles. The third kappa shape index (κ3) is 3.55. The van der Waals surface area contributed by atoms with Crippen LogP contribution >= 0.6 is 0 Å². The van der Waals surface area contributed by atoms with Crippen molar-refractivity contribution in [1.82, 2.24) is 0 Å². The van der Waals surface area contributed by atoms with Gasteiger partial charge in [-0.05, 0) is 52.4 Å². The van der Waals surface area contributed by atoms with Gasteiger partial charge in [0.1, 0.15) is 5.78 Å². The Kier molecular flexibility index (Phi) is 4.73. The van der Waals surface area contributed by atoms with E-state index in [1.165, 1.54) is 11.1 Å². The molecule has 0 bridgehead atoms. The van der Waals surface area contributed by atoms with Crippen LogP contribution in [-0.4, -0.2) is 5.78 Å². The standard InChI is InChI=1S/C16H26O/c1-12(2)7-6-8-15-9-10-16(5,14(4)17)13(3)11-15/h7,9,13H,6,8,10-11H2,1-5H3/t13-,16+/m1/s1. The third-order valence-electron chi connectivity index (χ3n) is 4.29. The van der Waals surface area contributed by atoms with Gasteiger partial charge in [-0.3, -0.25) is 4.79 Å². The van der Waals surface area contributed by atoms with Crippen LogP contribution in [-0.2, 0) is 4.79 Å². The largest absolute Gasteiger partial charge is 0.299 e. The van der Waals surface area contributed by atoms with Gasteiger partial charge in [-0.25, -0.2) is 0 Å². The van der Waals surface area contributed by atoms with E-state index in [2.05, 4.69) is 39.8 Å². The number of hydrogen-bond acceptors (Lipinski definition) is 1. The predicted octanol–water partition coefficient (Wildman–Crippen LogP) is 4.68. The van der Waals surface area contributed by atoms with Crippen molar-refractivity contribution in [2.45, 2.75) is 60.3 Å². The summed E-state index contributed by atoms with van der Waals surface area (Å²) in [7, 11) is 0. The Balaban J connectivity index is 2.61. The molecule has 1 aliphatic carbocycles. The predicted molar refractivity (Wildman–Crippen MR) is 73.9 cm³/mol. The van der Waals surface area contributed by atoms with Crippen LogP contribution in [0.3, 0.4) is 0 Å². The molecule has 0 aromatic carbocycles. The summed E-state index contributed by atoms with van der Waals surface area (Å²) in [4.78, 5) is 11.7. The maximum atomic E-state index is 11.7. The second-order valence-corrected chi connectivity index (χ2v) is 5.97. The fraction of sp³-hybridized carbons (Fsp3) is 0.688. The summed E-state index contributed by atoms with van der Waals surface area (Å²) < 4.78 is 0. The Morgan fingerprint density at radius 1 is 1.47 bits per heavy atom. The average Bonchev–Trinajstić information content (AvgIpc) is 2.22. The van der Waals surface area contributed by atoms with Gasteiger partial charge in [0.05, 0.1) is 0 Å². The molecule has 1 heteroatoms. The van der Waals surface area contributed by atoms with Crippen molar-refractivity contribution in [3.05, 3.63) is 23.3 Å². The van der Waals surface area contributed by atoms with Crippen LogP contribution in [0.1, 0.15) is 60.3 Å². The van der Waals surface area contributed by atoms with Gasteiger partial charge in [0.15, 0.2) is 0 Å². The van der Waals surface area contributed by atoms with Gasteiger partial charge >= 0.3 is 0 Å². The van der Waals surface area contributed by atoms with Crippen LogP contribution in [0.15, 0.2) is 23.3 Å². The second-order valence-electron chi connectivity index (χ2n) is 5.97. The molecule has 0 amide bonds. The van der Waals surface area contributed by atoms with Gasteiger partial charge in [-0.15, -0.1) is 0 Å². The van der Waals surface area contributed by atoms with Crippen LogP contribution in [0, 0.1) is 11.3 Å². The van der Waals surface area contributed by atoms with Crippen LogP contribution in [0.4, 0.5) is 0 Å². The highest BCUT2D eigenvalue weighted by Gasteiger charge is 2.37. The lowest BCUT2D eigenvalue weighted by atomic mass is 9.66. The van der Waals surface area contributed by atoms with Crippen LogP contribution in [0.5, 0.6) is 0 Å². The Morgan fingerprint density at radius 3 is 2.59 bits per heavy atom. The minimum atomic E-state index is -0.125. The summed E-state index contributed by atoms with van der Waals surface area (Å²) in [5, 5.41) is 0. The van der Waals surface area contributed by atoms with Crippen molar-refractivity contribution in [2.24, 2.45) is 11.3 Å². The highest BCUT2D eigenvalue weighted by atomic mass is 16.1. The molecule has 0 heterocycles. The maximum Gasteiger partial charge on any atom is 0.136 e. The molecule has 0 unspecified atom stereocenters. The number of Topliss-reactive ketones (excluding diaryl/α,β-unsaturated/α-hetero) is 1. The first-order valence-electron chi connectivity index (χ1n) is 6.68. The molecule has 1 nitrogen and oxygen atoms in total. The van der Waals surface area contributed by atoms with Crippen LogP contribution in [0.2, 0.25) is 0 Å². The number of rotatable bonds is 4. The minimum absolute atomic E-state index is 0.125. The molecule has 2 atom stereocenters. The topological polar surface area (TPSA) is 17.1 Å². The molecule has 1 aliphatic rings. The van der Waals surface area contributed by atoms with Crippen molar-refractivity contribution in [2.75, 3.05) is 0 Å². The van der Waals surface area contributed by atoms with Crippen LogP contribution < -0.4 is 0 Å². The van der Waals surface area contributed by atoms with Gasteiger partial charge in [0.2, 0.25) is 0 Å². The zero-order chi connectivity index (χ0) is 13.1. The van der Waals surface area contributed by atoms with Gasteiger partial charge in [0, 0.05) is 5.41 Å². The molecule has 0 radical (unpaired) electrons.